The molecule has 0 spiro atoms. The van der Waals surface area contributed by atoms with Crippen molar-refractivity contribution in [1.29, 1.82) is 0 Å². The zero-order valence-corrected chi connectivity index (χ0v) is 29.7. The van der Waals surface area contributed by atoms with Crippen molar-refractivity contribution in [3.63, 3.8) is 0 Å². The summed E-state index contributed by atoms with van der Waals surface area (Å²) in [7, 11) is 2.19. The van der Waals surface area contributed by atoms with E-state index < -0.39 is 0 Å². The predicted molar refractivity (Wildman–Crippen MR) is 215 cm³/mol. The molecule has 6 aromatic rings. The fraction of sp³-hybridized carbons (Fsp3) is 0.191. The quantitative estimate of drug-likeness (QED) is 0.176. The van der Waals surface area contributed by atoms with E-state index in [-0.39, 0.29) is 5.41 Å². The zero-order valence-electron chi connectivity index (χ0n) is 29.7. The van der Waals surface area contributed by atoms with Gasteiger partial charge in [-0.25, -0.2) is 0 Å². The van der Waals surface area contributed by atoms with Crippen LogP contribution in [0.15, 0.2) is 164 Å². The van der Waals surface area contributed by atoms with Crippen LogP contribution in [-0.4, -0.2) is 18.2 Å². The van der Waals surface area contributed by atoms with Gasteiger partial charge in [-0.3, -0.25) is 0 Å². The number of nitrogens with zero attached hydrogens (tertiary/aromatic N) is 2. The number of anilines is 1. The van der Waals surface area contributed by atoms with Crippen molar-refractivity contribution in [1.82, 2.24) is 4.57 Å². The van der Waals surface area contributed by atoms with E-state index in [9.17, 15) is 0 Å². The molecule has 1 heterocycles. The summed E-state index contributed by atoms with van der Waals surface area (Å²) in [6, 6.07) is 45.6. The molecule has 0 unspecified atom stereocenters. The Morgan fingerprint density at radius 3 is 2.12 bits per heavy atom. The number of rotatable bonds is 6. The van der Waals surface area contributed by atoms with Crippen molar-refractivity contribution >= 4 is 38.6 Å². The molecule has 2 nitrogen and oxygen atoms in total. The van der Waals surface area contributed by atoms with Gasteiger partial charge < -0.3 is 9.47 Å². The number of allylic oxidation sites excluding steroid dienone is 6. The minimum atomic E-state index is -0.0296. The molecule has 2 heteroatoms. The van der Waals surface area contributed by atoms with E-state index in [1.165, 1.54) is 79.4 Å². The van der Waals surface area contributed by atoms with E-state index in [0.717, 1.165) is 6.54 Å². The van der Waals surface area contributed by atoms with Gasteiger partial charge in [0.2, 0.25) is 0 Å². The first kappa shape index (κ1) is 33.6. The number of hydrogen-bond donors (Lipinski definition) is 0. The topological polar surface area (TPSA) is 8.17 Å². The molecule has 1 aromatic heterocycles. The Bertz CT molecular complexity index is 2160. The lowest BCUT2D eigenvalue weighted by atomic mass is 9.81. The van der Waals surface area contributed by atoms with Crippen LogP contribution in [0.25, 0.3) is 38.6 Å². The van der Waals surface area contributed by atoms with Gasteiger partial charge in [0.1, 0.15) is 0 Å². The number of likely N-dealkylation sites (N-methyl/N-ethyl adjacent to an activating group) is 1. The molecule has 0 aliphatic heterocycles. The Hall–Kier alpha value is -5.34. The van der Waals surface area contributed by atoms with Gasteiger partial charge in [-0.05, 0) is 76.6 Å². The van der Waals surface area contributed by atoms with Crippen molar-refractivity contribution in [2.24, 2.45) is 0 Å². The average molecular weight is 641 g/mol. The molecule has 2 aliphatic carbocycles. The fourth-order valence-electron chi connectivity index (χ4n) is 7.38. The highest BCUT2D eigenvalue weighted by Crippen LogP contribution is 2.47. The second-order valence-corrected chi connectivity index (χ2v) is 13.0. The molecule has 5 aromatic carbocycles. The molecule has 0 N–H and O–H groups in total. The average Bonchev–Trinajstić information content (AvgIpc) is 3.61. The highest BCUT2D eigenvalue weighted by Gasteiger charge is 2.36. The Morgan fingerprint density at radius 2 is 1.41 bits per heavy atom. The summed E-state index contributed by atoms with van der Waals surface area (Å²) < 4.78 is 2.38. The summed E-state index contributed by atoms with van der Waals surface area (Å²) in [6.07, 6.45) is 11.0. The number of para-hydroxylation sites is 2. The number of aromatic nitrogens is 1. The molecule has 0 saturated carbocycles. The second kappa shape index (κ2) is 14.8. The van der Waals surface area contributed by atoms with Crippen LogP contribution in [0.5, 0.6) is 0 Å². The summed E-state index contributed by atoms with van der Waals surface area (Å²) in [5, 5.41) is 2.56. The van der Waals surface area contributed by atoms with Gasteiger partial charge in [0.25, 0.3) is 0 Å². The highest BCUT2D eigenvalue weighted by molar-refractivity contribution is 6.10. The lowest BCUT2D eigenvalue weighted by Crippen LogP contribution is -2.20. The maximum absolute atomic E-state index is 4.18. The maximum Gasteiger partial charge on any atom is 0.0561 e. The van der Waals surface area contributed by atoms with Crippen molar-refractivity contribution in [2.75, 3.05) is 18.5 Å². The first-order valence-electron chi connectivity index (χ1n) is 17.6. The molecule has 0 fully saturated rings. The Kier molecular flexibility index (Phi) is 10.2. The van der Waals surface area contributed by atoms with Gasteiger partial charge in [-0.15, -0.1) is 0 Å². The van der Waals surface area contributed by atoms with E-state index in [1.54, 1.807) is 0 Å². The zero-order chi connectivity index (χ0) is 34.4. The molecule has 0 atom stereocenters. The number of benzene rings is 5. The molecular formula is C47H48N2. The van der Waals surface area contributed by atoms with Gasteiger partial charge in [-0.1, -0.05) is 156 Å². The molecule has 49 heavy (non-hydrogen) atoms. The SMILES string of the molecule is C1=CCCC(c2ccccc2)=C1.C=CC1=C(CN(C)c2ccc3c4ccccc4n(-c4ccccc4)c3c2)c2ccccc2C1(C)C.CC. The molecule has 2 aliphatic rings. The lowest BCUT2D eigenvalue weighted by molar-refractivity contribution is 0.654. The van der Waals surface area contributed by atoms with Gasteiger partial charge in [0.15, 0.2) is 0 Å². The molecule has 0 bridgehead atoms. The van der Waals surface area contributed by atoms with Crippen LogP contribution < -0.4 is 4.90 Å². The summed E-state index contributed by atoms with van der Waals surface area (Å²) in [6.45, 7) is 13.6. The van der Waals surface area contributed by atoms with Gasteiger partial charge in [0.05, 0.1) is 11.0 Å². The largest absolute Gasteiger partial charge is 0.370 e. The minimum Gasteiger partial charge on any atom is -0.370 e. The third-order valence-electron chi connectivity index (χ3n) is 9.79. The van der Waals surface area contributed by atoms with Gasteiger partial charge in [0, 0.05) is 41.2 Å². The predicted octanol–water partition coefficient (Wildman–Crippen LogP) is 12.6. The molecular weight excluding hydrogens is 593 g/mol. The Labute approximate surface area is 293 Å². The van der Waals surface area contributed by atoms with Crippen LogP contribution in [0.2, 0.25) is 0 Å². The van der Waals surface area contributed by atoms with E-state index >= 15 is 0 Å². The van der Waals surface area contributed by atoms with Crippen LogP contribution in [0.3, 0.4) is 0 Å². The third-order valence-corrected chi connectivity index (χ3v) is 9.79. The van der Waals surface area contributed by atoms with E-state index in [1.807, 2.05) is 13.8 Å². The first-order valence-corrected chi connectivity index (χ1v) is 17.6. The van der Waals surface area contributed by atoms with Crippen molar-refractivity contribution in [3.8, 4) is 5.69 Å². The molecule has 0 saturated heterocycles. The molecule has 246 valence electrons. The Balaban J connectivity index is 0.000000249. The van der Waals surface area contributed by atoms with E-state index in [2.05, 4.69) is 189 Å². The maximum atomic E-state index is 4.18. The van der Waals surface area contributed by atoms with E-state index in [0.29, 0.717) is 0 Å². The third kappa shape index (κ3) is 6.56. The minimum absolute atomic E-state index is 0.0296. The normalized spacial score (nSPS) is 14.3. The fourth-order valence-corrected chi connectivity index (χ4v) is 7.38. The van der Waals surface area contributed by atoms with Crippen molar-refractivity contribution < 1.29 is 0 Å². The van der Waals surface area contributed by atoms with E-state index in [4.69, 9.17) is 0 Å². The summed E-state index contributed by atoms with van der Waals surface area (Å²) >= 11 is 0. The summed E-state index contributed by atoms with van der Waals surface area (Å²) in [5.74, 6) is 0. The van der Waals surface area contributed by atoms with Crippen LogP contribution in [0, 0.1) is 0 Å². The van der Waals surface area contributed by atoms with Crippen LogP contribution in [-0.2, 0) is 5.41 Å². The number of hydrogen-bond acceptors (Lipinski definition) is 1. The van der Waals surface area contributed by atoms with Crippen LogP contribution in [0.4, 0.5) is 5.69 Å². The van der Waals surface area contributed by atoms with Crippen LogP contribution in [0.1, 0.15) is 57.2 Å². The summed E-state index contributed by atoms with van der Waals surface area (Å²) in [4.78, 5) is 2.36. The molecule has 0 radical (unpaired) electrons. The summed E-state index contributed by atoms with van der Waals surface area (Å²) in [5.41, 5.74) is 13.1. The van der Waals surface area contributed by atoms with Crippen molar-refractivity contribution in [2.45, 2.75) is 46.0 Å². The molecule has 8 rings (SSSR count). The van der Waals surface area contributed by atoms with Gasteiger partial charge >= 0.3 is 0 Å². The van der Waals surface area contributed by atoms with Gasteiger partial charge in [-0.2, -0.15) is 0 Å². The second-order valence-electron chi connectivity index (χ2n) is 13.0. The van der Waals surface area contributed by atoms with Crippen molar-refractivity contribution in [3.05, 3.63) is 181 Å². The molecule has 0 amide bonds. The highest BCUT2D eigenvalue weighted by atomic mass is 15.1. The Morgan fingerprint density at radius 1 is 0.755 bits per heavy atom. The first-order chi connectivity index (χ1) is 24.0. The monoisotopic (exact) mass is 640 g/mol. The lowest BCUT2D eigenvalue weighted by Gasteiger charge is -2.24. The number of fused-ring (bicyclic) bond motifs is 4. The van der Waals surface area contributed by atoms with Crippen LogP contribution >= 0.6 is 0 Å². The standard InChI is InChI=1S/C33H30N2.C12H12.C2H6/c1-5-29-28(25-15-9-11-17-30(25)33(29,2)3)22-34(4)24-19-20-27-26-16-10-12-18-31(26)35(32(27)21-24)23-13-7-6-8-14-23;1-3-7-11(8-4-1)12-9-5-2-6-10-12;1-2/h5-21H,1,22H2,2-4H3;1-5,7-9H,6,10H2;1-2H3. The smallest absolute Gasteiger partial charge is 0.0561 e.